The molecule has 106 valence electrons. The molecule has 0 saturated heterocycles. The second kappa shape index (κ2) is 6.45. The molecule has 0 fully saturated rings. The molecule has 0 aliphatic heterocycles. The molecule has 1 heterocycles. The Morgan fingerprint density at radius 3 is 2.75 bits per heavy atom. The summed E-state index contributed by atoms with van der Waals surface area (Å²) in [5.41, 5.74) is 0.947. The van der Waals surface area contributed by atoms with Gasteiger partial charge in [-0.1, -0.05) is 22.0 Å². The lowest BCUT2D eigenvalue weighted by molar-refractivity contribution is 0.608. The summed E-state index contributed by atoms with van der Waals surface area (Å²) in [6.45, 7) is 1.98. The van der Waals surface area contributed by atoms with Crippen LogP contribution in [0, 0.1) is 5.82 Å². The van der Waals surface area contributed by atoms with Gasteiger partial charge in [0.15, 0.2) is 10.8 Å². The van der Waals surface area contributed by atoms with Crippen LogP contribution in [0.3, 0.4) is 0 Å². The number of nitrogens with zero attached hydrogens (tertiary/aromatic N) is 3. The molecule has 2 rings (SSSR count). The molecule has 1 aromatic carbocycles. The molecule has 3 nitrogen and oxygen atoms in total. The number of hydrogen-bond acceptors (Lipinski definition) is 3. The Labute approximate surface area is 130 Å². The first-order valence-electron chi connectivity index (χ1n) is 6.09. The van der Waals surface area contributed by atoms with Crippen molar-refractivity contribution in [2.45, 2.75) is 13.0 Å². The number of hydrogen-bond donors (Lipinski definition) is 0. The molecule has 1 atom stereocenters. The van der Waals surface area contributed by atoms with Crippen molar-refractivity contribution >= 4 is 33.1 Å². The summed E-state index contributed by atoms with van der Waals surface area (Å²) in [7, 11) is 3.87. The Morgan fingerprint density at radius 1 is 1.45 bits per heavy atom. The first-order valence-corrected chi connectivity index (χ1v) is 7.76. The lowest BCUT2D eigenvalue weighted by atomic mass is 10.1. The molecule has 0 amide bonds. The fraction of sp³-hybridized carbons (Fsp3) is 0.286. The summed E-state index contributed by atoms with van der Waals surface area (Å²) in [6, 6.07) is 4.57. The van der Waals surface area contributed by atoms with Gasteiger partial charge in [-0.05, 0) is 24.6 Å². The molecule has 20 heavy (non-hydrogen) atoms. The summed E-state index contributed by atoms with van der Waals surface area (Å²) in [6.07, 6.45) is 1.76. The van der Waals surface area contributed by atoms with E-state index in [2.05, 4.69) is 20.9 Å². The van der Waals surface area contributed by atoms with Gasteiger partial charge in [0.25, 0.3) is 0 Å². The summed E-state index contributed by atoms with van der Waals surface area (Å²) < 4.78 is 13.9. The summed E-state index contributed by atoms with van der Waals surface area (Å²) in [5, 5.41) is 2.80. The first kappa shape index (κ1) is 15.1. The van der Waals surface area contributed by atoms with Crippen LogP contribution in [0.25, 0.3) is 0 Å². The Kier molecular flexibility index (Phi) is 4.88. The van der Waals surface area contributed by atoms with Crippen LogP contribution in [0.4, 0.5) is 4.39 Å². The van der Waals surface area contributed by atoms with Crippen molar-refractivity contribution in [2.75, 3.05) is 14.1 Å². The molecule has 0 unspecified atom stereocenters. The monoisotopic (exact) mass is 355 g/mol. The van der Waals surface area contributed by atoms with Crippen molar-refractivity contribution < 1.29 is 4.39 Å². The van der Waals surface area contributed by atoms with Crippen molar-refractivity contribution in [1.82, 2.24) is 9.88 Å². The van der Waals surface area contributed by atoms with E-state index in [1.807, 2.05) is 31.3 Å². The molecule has 0 spiro atoms. The van der Waals surface area contributed by atoms with E-state index in [4.69, 9.17) is 4.99 Å². The van der Waals surface area contributed by atoms with Crippen molar-refractivity contribution in [1.29, 1.82) is 0 Å². The minimum absolute atomic E-state index is 0.0914. The first-order chi connectivity index (χ1) is 9.49. The van der Waals surface area contributed by atoms with Crippen molar-refractivity contribution in [3.05, 3.63) is 50.6 Å². The van der Waals surface area contributed by atoms with Crippen molar-refractivity contribution in [3.8, 4) is 0 Å². The average molecular weight is 356 g/mol. The predicted molar refractivity (Wildman–Crippen MR) is 84.9 cm³/mol. The highest BCUT2D eigenvalue weighted by Crippen LogP contribution is 2.27. The quantitative estimate of drug-likeness (QED) is 0.612. The minimum Gasteiger partial charge on any atom is -0.361 e. The second-order valence-electron chi connectivity index (χ2n) is 4.53. The van der Waals surface area contributed by atoms with Gasteiger partial charge in [0, 0.05) is 30.1 Å². The molecule has 0 radical (unpaired) electrons. The Hall–Kier alpha value is -1.27. The van der Waals surface area contributed by atoms with Gasteiger partial charge in [-0.2, -0.15) is 0 Å². The van der Waals surface area contributed by atoms with E-state index < -0.39 is 0 Å². The topological polar surface area (TPSA) is 28.5 Å². The molecule has 2 aromatic rings. The molecule has 6 heteroatoms. The molecule has 0 bridgehead atoms. The van der Waals surface area contributed by atoms with E-state index in [-0.39, 0.29) is 11.9 Å². The van der Waals surface area contributed by atoms with Crippen molar-refractivity contribution in [2.24, 2.45) is 4.99 Å². The number of benzene rings is 1. The van der Waals surface area contributed by atoms with Gasteiger partial charge in [0.1, 0.15) is 5.82 Å². The smallest absolute Gasteiger partial charge is 0.160 e. The molecular weight excluding hydrogens is 341 g/mol. The van der Waals surface area contributed by atoms with E-state index in [9.17, 15) is 4.39 Å². The largest absolute Gasteiger partial charge is 0.361 e. The lowest BCUT2D eigenvalue weighted by Crippen LogP contribution is -2.23. The summed E-state index contributed by atoms with van der Waals surface area (Å²) >= 11 is 4.94. The maximum atomic E-state index is 13.1. The van der Waals surface area contributed by atoms with Gasteiger partial charge in [-0.3, -0.25) is 4.99 Å². The van der Waals surface area contributed by atoms with E-state index in [0.29, 0.717) is 0 Å². The lowest BCUT2D eigenvalue weighted by Gasteiger charge is -2.17. The number of aromatic nitrogens is 1. The molecule has 0 aliphatic rings. The highest BCUT2D eigenvalue weighted by atomic mass is 79.9. The third-order valence-electron chi connectivity index (χ3n) is 2.78. The fourth-order valence-electron chi connectivity index (χ4n) is 1.79. The Morgan fingerprint density at radius 2 is 2.20 bits per heavy atom. The second-order valence-corrected chi connectivity index (χ2v) is 6.28. The van der Waals surface area contributed by atoms with Crippen LogP contribution in [0.5, 0.6) is 0 Å². The number of aliphatic imine (C=N–C) groups is 1. The van der Waals surface area contributed by atoms with Crippen molar-refractivity contribution in [3.63, 3.8) is 0 Å². The molecular formula is C14H15BrFN3S. The zero-order valence-corrected chi connectivity index (χ0v) is 13.9. The Bertz CT molecular complexity index is 611. The molecule has 0 N–H and O–H groups in total. The average Bonchev–Trinajstić information content (AvgIpc) is 2.88. The van der Waals surface area contributed by atoms with E-state index in [1.165, 1.54) is 12.1 Å². The predicted octanol–water partition coefficient (Wildman–Crippen LogP) is 4.11. The fourth-order valence-corrected chi connectivity index (χ4v) is 3.18. The normalized spacial score (nSPS) is 13.3. The minimum atomic E-state index is -0.260. The van der Waals surface area contributed by atoms with Crippen LogP contribution < -0.4 is 0 Å². The van der Waals surface area contributed by atoms with Crippen LogP contribution in [0.2, 0.25) is 0 Å². The highest BCUT2D eigenvalue weighted by Gasteiger charge is 2.14. The molecule has 0 saturated carbocycles. The zero-order valence-electron chi connectivity index (χ0n) is 11.5. The SMILES string of the molecule is C[C@@H](/N=C(/c1nccs1)N(C)C)c1ccc(F)cc1Br. The van der Waals surface area contributed by atoms with E-state index in [1.54, 1.807) is 23.6 Å². The number of rotatable bonds is 3. The summed E-state index contributed by atoms with van der Waals surface area (Å²) in [5.74, 6) is 0.563. The van der Waals surface area contributed by atoms with Gasteiger partial charge in [-0.25, -0.2) is 9.37 Å². The Balaban J connectivity index is 2.36. The zero-order chi connectivity index (χ0) is 14.7. The number of thiazole rings is 1. The maximum Gasteiger partial charge on any atom is 0.160 e. The van der Waals surface area contributed by atoms with Gasteiger partial charge < -0.3 is 4.90 Å². The maximum absolute atomic E-state index is 13.1. The summed E-state index contributed by atoms with van der Waals surface area (Å²) in [4.78, 5) is 10.9. The van der Waals surface area contributed by atoms with E-state index in [0.717, 1.165) is 20.9 Å². The van der Waals surface area contributed by atoms with Gasteiger partial charge in [-0.15, -0.1) is 11.3 Å². The standard InChI is InChI=1S/C14H15BrFN3S/c1-9(11-5-4-10(16)8-12(11)15)18-13(19(2)3)14-17-6-7-20-14/h4-9H,1-3H3/b18-13-/t9-/m1/s1. The highest BCUT2D eigenvalue weighted by molar-refractivity contribution is 9.10. The molecule has 1 aromatic heterocycles. The third-order valence-corrected chi connectivity index (χ3v) is 4.23. The van der Waals surface area contributed by atoms with E-state index >= 15 is 0 Å². The van der Waals surface area contributed by atoms with Gasteiger partial charge >= 0.3 is 0 Å². The van der Waals surface area contributed by atoms with Crippen LogP contribution in [-0.2, 0) is 0 Å². The van der Waals surface area contributed by atoms with Crippen LogP contribution >= 0.6 is 27.3 Å². The van der Waals surface area contributed by atoms with Crippen LogP contribution in [-0.4, -0.2) is 29.8 Å². The van der Waals surface area contributed by atoms with Gasteiger partial charge in [0.2, 0.25) is 0 Å². The van der Waals surface area contributed by atoms with Crippen LogP contribution in [0.1, 0.15) is 23.5 Å². The number of amidine groups is 1. The molecule has 0 aliphatic carbocycles. The number of halogens is 2. The van der Waals surface area contributed by atoms with Gasteiger partial charge in [0.05, 0.1) is 6.04 Å². The van der Waals surface area contributed by atoms with Crippen LogP contribution in [0.15, 0.2) is 39.2 Å². The third kappa shape index (κ3) is 3.43.